The van der Waals surface area contributed by atoms with Gasteiger partial charge >= 0.3 is 5.97 Å². The molecule has 2 rings (SSSR count). The van der Waals surface area contributed by atoms with Crippen LogP contribution >= 0.6 is 11.8 Å². The predicted octanol–water partition coefficient (Wildman–Crippen LogP) is 3.43. The number of hydrogen-bond acceptors (Lipinski definition) is 3. The van der Waals surface area contributed by atoms with Crippen molar-refractivity contribution in [2.24, 2.45) is 0 Å². The number of rotatable bonds is 9. The fourth-order valence-corrected chi connectivity index (χ4v) is 4.18. The first-order chi connectivity index (χ1) is 9.10. The quantitative estimate of drug-likeness (QED) is 0.637. The van der Waals surface area contributed by atoms with E-state index in [0.717, 1.165) is 37.4 Å². The fourth-order valence-electron chi connectivity index (χ4n) is 2.80. The molecule has 2 saturated carbocycles. The second kappa shape index (κ2) is 6.98. The summed E-state index contributed by atoms with van der Waals surface area (Å²) in [6.45, 7) is 1.85. The number of aliphatic carboxylic acids is 1. The molecular weight excluding hydrogens is 258 g/mol. The topological polar surface area (TPSA) is 49.3 Å². The van der Waals surface area contributed by atoms with Crippen LogP contribution in [-0.2, 0) is 4.79 Å². The number of carboxylic acid groups (broad SMARTS) is 1. The Morgan fingerprint density at radius 1 is 1.26 bits per heavy atom. The molecule has 1 atom stereocenters. The van der Waals surface area contributed by atoms with Crippen molar-refractivity contribution in [3.8, 4) is 0 Å². The van der Waals surface area contributed by atoms with Gasteiger partial charge < -0.3 is 5.11 Å². The minimum absolute atomic E-state index is 0.453. The normalized spacial score (nSPS) is 23.4. The van der Waals surface area contributed by atoms with Gasteiger partial charge in [0.2, 0.25) is 0 Å². The van der Waals surface area contributed by atoms with Crippen LogP contribution in [0.4, 0.5) is 0 Å². The standard InChI is InChI=1S/C15H27NO2S/c1-15(14(17)18,16-12-8-9-12)10-4-5-11-19-13-6-2-3-7-13/h12-13,16H,2-11H2,1H3,(H,17,18). The minimum atomic E-state index is -0.709. The summed E-state index contributed by atoms with van der Waals surface area (Å²) < 4.78 is 0. The maximum atomic E-state index is 11.4. The highest BCUT2D eigenvalue weighted by Crippen LogP contribution is 2.30. The van der Waals surface area contributed by atoms with Crippen molar-refractivity contribution in [1.82, 2.24) is 5.32 Å². The number of hydrogen-bond donors (Lipinski definition) is 2. The minimum Gasteiger partial charge on any atom is -0.480 e. The lowest BCUT2D eigenvalue weighted by molar-refractivity contribution is -0.144. The van der Waals surface area contributed by atoms with Gasteiger partial charge in [-0.3, -0.25) is 10.1 Å². The monoisotopic (exact) mass is 285 g/mol. The molecule has 0 radical (unpaired) electrons. The Balaban J connectivity index is 1.60. The van der Waals surface area contributed by atoms with E-state index in [-0.39, 0.29) is 0 Å². The molecule has 110 valence electrons. The van der Waals surface area contributed by atoms with E-state index in [1.807, 2.05) is 6.92 Å². The summed E-state index contributed by atoms with van der Waals surface area (Å²) in [5.41, 5.74) is -0.709. The van der Waals surface area contributed by atoms with Gasteiger partial charge in [0.25, 0.3) is 0 Å². The Bertz CT molecular complexity index is 301. The van der Waals surface area contributed by atoms with Crippen LogP contribution in [-0.4, -0.2) is 33.7 Å². The molecule has 0 aromatic carbocycles. The van der Waals surface area contributed by atoms with Crippen LogP contribution in [0.15, 0.2) is 0 Å². The van der Waals surface area contributed by atoms with Crippen molar-refractivity contribution >= 4 is 17.7 Å². The molecule has 2 N–H and O–H groups in total. The zero-order valence-corrected chi connectivity index (χ0v) is 12.8. The van der Waals surface area contributed by atoms with Gasteiger partial charge in [-0.2, -0.15) is 11.8 Å². The van der Waals surface area contributed by atoms with Crippen LogP contribution < -0.4 is 5.32 Å². The molecule has 4 heteroatoms. The summed E-state index contributed by atoms with van der Waals surface area (Å²) in [5, 5.41) is 13.5. The molecule has 0 saturated heterocycles. The summed E-state index contributed by atoms with van der Waals surface area (Å²) in [4.78, 5) is 11.4. The van der Waals surface area contributed by atoms with Gasteiger partial charge in [0, 0.05) is 11.3 Å². The van der Waals surface area contributed by atoms with Gasteiger partial charge in [0.05, 0.1) is 0 Å². The van der Waals surface area contributed by atoms with Crippen LogP contribution in [0.2, 0.25) is 0 Å². The van der Waals surface area contributed by atoms with E-state index in [2.05, 4.69) is 17.1 Å². The fraction of sp³-hybridized carbons (Fsp3) is 0.933. The second-order valence-electron chi connectivity index (χ2n) is 6.29. The van der Waals surface area contributed by atoms with E-state index in [1.54, 1.807) is 0 Å². The summed E-state index contributed by atoms with van der Waals surface area (Å²) in [5.74, 6) is 0.506. The first-order valence-electron chi connectivity index (χ1n) is 7.73. The Morgan fingerprint density at radius 3 is 2.53 bits per heavy atom. The highest BCUT2D eigenvalue weighted by molar-refractivity contribution is 7.99. The van der Waals surface area contributed by atoms with Crippen LogP contribution in [0.25, 0.3) is 0 Å². The molecule has 0 spiro atoms. The molecule has 0 bridgehead atoms. The Hall–Kier alpha value is -0.220. The van der Waals surface area contributed by atoms with E-state index in [4.69, 9.17) is 0 Å². The van der Waals surface area contributed by atoms with Gasteiger partial charge in [-0.05, 0) is 51.2 Å². The molecule has 3 nitrogen and oxygen atoms in total. The zero-order chi connectivity index (χ0) is 13.7. The average Bonchev–Trinajstić information content (AvgIpc) is 3.02. The van der Waals surface area contributed by atoms with Crippen molar-refractivity contribution in [1.29, 1.82) is 0 Å². The Labute approximate surface area is 120 Å². The summed E-state index contributed by atoms with van der Waals surface area (Å²) in [6, 6.07) is 0.453. The third-order valence-electron chi connectivity index (χ3n) is 4.30. The molecule has 0 amide bonds. The molecule has 1 unspecified atom stereocenters. The first-order valence-corrected chi connectivity index (χ1v) is 8.78. The Morgan fingerprint density at radius 2 is 1.95 bits per heavy atom. The Kier molecular flexibility index (Phi) is 5.58. The number of nitrogens with one attached hydrogen (secondary N) is 1. The van der Waals surface area contributed by atoms with Crippen LogP contribution in [0, 0.1) is 0 Å². The van der Waals surface area contributed by atoms with Crippen LogP contribution in [0.5, 0.6) is 0 Å². The van der Waals surface area contributed by atoms with Crippen LogP contribution in [0.3, 0.4) is 0 Å². The molecule has 0 aromatic rings. The third kappa shape index (κ3) is 4.99. The van der Waals surface area contributed by atoms with Gasteiger partial charge in [-0.25, -0.2) is 0 Å². The lowest BCUT2D eigenvalue weighted by Crippen LogP contribution is -2.50. The predicted molar refractivity (Wildman–Crippen MR) is 80.8 cm³/mol. The van der Waals surface area contributed by atoms with Crippen molar-refractivity contribution in [2.75, 3.05) is 5.75 Å². The number of thioether (sulfide) groups is 1. The van der Waals surface area contributed by atoms with Gasteiger partial charge in [0.15, 0.2) is 0 Å². The van der Waals surface area contributed by atoms with Gasteiger partial charge in [-0.1, -0.05) is 19.3 Å². The lowest BCUT2D eigenvalue weighted by Gasteiger charge is -2.26. The molecule has 0 aliphatic heterocycles. The average molecular weight is 285 g/mol. The molecular formula is C15H27NO2S. The molecule has 2 aliphatic carbocycles. The van der Waals surface area contributed by atoms with E-state index < -0.39 is 11.5 Å². The van der Waals surface area contributed by atoms with E-state index in [9.17, 15) is 9.90 Å². The molecule has 2 aliphatic rings. The largest absolute Gasteiger partial charge is 0.480 e. The molecule has 0 heterocycles. The highest BCUT2D eigenvalue weighted by Gasteiger charge is 2.37. The first kappa shape index (κ1) is 15.2. The number of unbranched alkanes of at least 4 members (excludes halogenated alkanes) is 1. The van der Waals surface area contributed by atoms with Crippen molar-refractivity contribution in [3.05, 3.63) is 0 Å². The SMILES string of the molecule is CC(CCCCSC1CCCC1)(NC1CC1)C(=O)O. The number of carboxylic acids is 1. The molecule has 2 fully saturated rings. The lowest BCUT2D eigenvalue weighted by atomic mass is 9.95. The molecule has 19 heavy (non-hydrogen) atoms. The van der Waals surface area contributed by atoms with Crippen molar-refractivity contribution < 1.29 is 9.90 Å². The van der Waals surface area contributed by atoms with Crippen molar-refractivity contribution in [2.45, 2.75) is 81.5 Å². The van der Waals surface area contributed by atoms with Crippen molar-refractivity contribution in [3.63, 3.8) is 0 Å². The zero-order valence-electron chi connectivity index (χ0n) is 12.0. The van der Waals surface area contributed by atoms with Crippen LogP contribution in [0.1, 0.15) is 64.7 Å². The number of carbonyl (C=O) groups is 1. The van der Waals surface area contributed by atoms with E-state index in [0.29, 0.717) is 6.04 Å². The van der Waals surface area contributed by atoms with E-state index in [1.165, 1.54) is 31.4 Å². The summed E-state index contributed by atoms with van der Waals surface area (Å²) in [7, 11) is 0. The third-order valence-corrected chi connectivity index (χ3v) is 5.77. The smallest absolute Gasteiger partial charge is 0.323 e. The van der Waals surface area contributed by atoms with Gasteiger partial charge in [0.1, 0.15) is 5.54 Å². The highest BCUT2D eigenvalue weighted by atomic mass is 32.2. The summed E-state index contributed by atoms with van der Waals surface area (Å²) >= 11 is 2.10. The second-order valence-corrected chi connectivity index (χ2v) is 7.70. The maximum absolute atomic E-state index is 11.4. The summed E-state index contributed by atoms with van der Waals surface area (Å²) in [6.07, 6.45) is 10.8. The molecule has 0 aromatic heterocycles. The maximum Gasteiger partial charge on any atom is 0.323 e. The van der Waals surface area contributed by atoms with E-state index >= 15 is 0 Å². The van der Waals surface area contributed by atoms with Gasteiger partial charge in [-0.15, -0.1) is 0 Å².